The molecule has 0 fully saturated rings. The third-order valence-corrected chi connectivity index (χ3v) is 1.49. The van der Waals surface area contributed by atoms with Gasteiger partial charge in [-0.25, -0.2) is 8.78 Å². The Morgan fingerprint density at radius 1 is 1.40 bits per heavy atom. The fourth-order valence-electron chi connectivity index (χ4n) is 0.836. The van der Waals surface area contributed by atoms with Crippen LogP contribution in [0.15, 0.2) is 18.2 Å². The van der Waals surface area contributed by atoms with Gasteiger partial charge in [-0.3, -0.25) is 0 Å². The summed E-state index contributed by atoms with van der Waals surface area (Å²) in [5, 5.41) is 0. The zero-order chi connectivity index (χ0) is 7.56. The van der Waals surface area contributed by atoms with Crippen molar-refractivity contribution in [3.05, 3.63) is 35.1 Å². The van der Waals surface area contributed by atoms with Gasteiger partial charge in [0, 0.05) is 5.56 Å². The van der Waals surface area contributed by atoms with E-state index in [9.17, 15) is 8.78 Å². The topological polar surface area (TPSA) is 0 Å². The molecule has 0 saturated carbocycles. The van der Waals surface area contributed by atoms with Crippen LogP contribution in [-0.4, -0.2) is 0 Å². The maximum absolute atomic E-state index is 12.6. The molecular weight excluding hydrogens is 134 g/mol. The third-order valence-electron chi connectivity index (χ3n) is 1.49. The minimum Gasteiger partial charge on any atom is -0.246 e. The monoisotopic (exact) mass is 142 g/mol. The summed E-state index contributed by atoms with van der Waals surface area (Å²) in [4.78, 5) is 0. The normalized spacial score (nSPS) is 9.90. The van der Waals surface area contributed by atoms with E-state index < -0.39 is 12.5 Å². The van der Waals surface area contributed by atoms with Gasteiger partial charge < -0.3 is 0 Å². The predicted octanol–water partition coefficient (Wildman–Crippen LogP) is 2.60. The second-order valence-corrected chi connectivity index (χ2v) is 2.17. The standard InChI is InChI=1S/C8H8F2/c1-6-3-2-4-8(10)7(6)5-9/h2-4H,5H2,1H3. The van der Waals surface area contributed by atoms with Crippen LogP contribution < -0.4 is 0 Å². The lowest BCUT2D eigenvalue weighted by Gasteiger charge is -1.99. The molecule has 54 valence electrons. The second kappa shape index (κ2) is 2.78. The maximum Gasteiger partial charge on any atom is 0.129 e. The van der Waals surface area contributed by atoms with Crippen molar-refractivity contribution < 1.29 is 8.78 Å². The lowest BCUT2D eigenvalue weighted by molar-refractivity contribution is 0.462. The van der Waals surface area contributed by atoms with E-state index in [0.717, 1.165) is 0 Å². The number of aryl methyl sites for hydroxylation is 1. The Bertz CT molecular complexity index is 210. The Kier molecular flexibility index (Phi) is 2.00. The quantitative estimate of drug-likeness (QED) is 0.565. The molecule has 0 aliphatic rings. The summed E-state index contributed by atoms with van der Waals surface area (Å²) in [6.07, 6.45) is 0. The molecule has 0 unspecified atom stereocenters. The Labute approximate surface area is 58.5 Å². The molecule has 0 amide bonds. The van der Waals surface area contributed by atoms with Crippen LogP contribution in [0.3, 0.4) is 0 Å². The van der Waals surface area contributed by atoms with E-state index in [-0.39, 0.29) is 5.56 Å². The third kappa shape index (κ3) is 1.15. The Morgan fingerprint density at radius 3 is 2.50 bits per heavy atom. The van der Waals surface area contributed by atoms with Crippen LogP contribution in [0.4, 0.5) is 8.78 Å². The summed E-state index contributed by atoms with van der Waals surface area (Å²) in [7, 11) is 0. The van der Waals surface area contributed by atoms with Crippen molar-refractivity contribution in [2.24, 2.45) is 0 Å². The number of rotatable bonds is 1. The molecule has 2 heteroatoms. The first-order valence-electron chi connectivity index (χ1n) is 3.05. The van der Waals surface area contributed by atoms with Gasteiger partial charge >= 0.3 is 0 Å². The van der Waals surface area contributed by atoms with Gasteiger partial charge in [-0.05, 0) is 18.6 Å². The second-order valence-electron chi connectivity index (χ2n) is 2.17. The highest BCUT2D eigenvalue weighted by molar-refractivity contribution is 5.26. The molecule has 0 spiro atoms. The molecule has 0 saturated heterocycles. The van der Waals surface area contributed by atoms with Gasteiger partial charge in [0.25, 0.3) is 0 Å². The van der Waals surface area contributed by atoms with Crippen LogP contribution in [0, 0.1) is 12.7 Å². The van der Waals surface area contributed by atoms with E-state index in [1.54, 1.807) is 19.1 Å². The van der Waals surface area contributed by atoms with Crippen molar-refractivity contribution in [1.82, 2.24) is 0 Å². The highest BCUT2D eigenvalue weighted by atomic mass is 19.1. The summed E-state index contributed by atoms with van der Waals surface area (Å²) in [6.45, 7) is 0.969. The molecule has 1 rings (SSSR count). The average molecular weight is 142 g/mol. The molecule has 0 atom stereocenters. The molecule has 0 aliphatic carbocycles. The summed E-state index contributed by atoms with van der Waals surface area (Å²) >= 11 is 0. The first kappa shape index (κ1) is 7.19. The Morgan fingerprint density at radius 2 is 2.10 bits per heavy atom. The number of hydrogen-bond donors (Lipinski definition) is 0. The van der Waals surface area contributed by atoms with E-state index in [1.165, 1.54) is 6.07 Å². The van der Waals surface area contributed by atoms with E-state index in [2.05, 4.69) is 0 Å². The SMILES string of the molecule is Cc1cccc(F)c1CF. The van der Waals surface area contributed by atoms with Gasteiger partial charge in [0.15, 0.2) is 0 Å². The number of benzene rings is 1. The molecule has 0 aromatic heterocycles. The molecule has 0 aliphatic heterocycles. The smallest absolute Gasteiger partial charge is 0.129 e. The summed E-state index contributed by atoms with van der Waals surface area (Å²) < 4.78 is 24.6. The highest BCUT2D eigenvalue weighted by Crippen LogP contribution is 2.12. The van der Waals surface area contributed by atoms with Crippen molar-refractivity contribution in [2.45, 2.75) is 13.6 Å². The van der Waals surface area contributed by atoms with Crippen molar-refractivity contribution in [3.8, 4) is 0 Å². The molecule has 10 heavy (non-hydrogen) atoms. The van der Waals surface area contributed by atoms with E-state index >= 15 is 0 Å². The summed E-state index contributed by atoms with van der Waals surface area (Å²) in [5.41, 5.74) is 0.838. The van der Waals surface area contributed by atoms with Gasteiger partial charge in [0.1, 0.15) is 12.5 Å². The fourth-order valence-corrected chi connectivity index (χ4v) is 0.836. The van der Waals surface area contributed by atoms with Crippen molar-refractivity contribution in [3.63, 3.8) is 0 Å². The summed E-state index contributed by atoms with van der Waals surface area (Å²) in [6, 6.07) is 4.53. The van der Waals surface area contributed by atoms with Crippen LogP contribution in [0.25, 0.3) is 0 Å². The maximum atomic E-state index is 12.6. The molecule has 0 nitrogen and oxygen atoms in total. The minimum absolute atomic E-state index is 0.169. The van der Waals surface area contributed by atoms with Crippen molar-refractivity contribution in [1.29, 1.82) is 0 Å². The zero-order valence-corrected chi connectivity index (χ0v) is 5.70. The van der Waals surface area contributed by atoms with Crippen LogP contribution in [0.2, 0.25) is 0 Å². The van der Waals surface area contributed by atoms with Crippen LogP contribution in [0.5, 0.6) is 0 Å². The minimum atomic E-state index is -0.724. The van der Waals surface area contributed by atoms with Crippen LogP contribution >= 0.6 is 0 Å². The number of alkyl halides is 1. The lowest BCUT2D eigenvalue weighted by atomic mass is 10.1. The molecular formula is C8H8F2. The van der Waals surface area contributed by atoms with Gasteiger partial charge in [0.05, 0.1) is 0 Å². The highest BCUT2D eigenvalue weighted by Gasteiger charge is 2.02. The number of hydrogen-bond acceptors (Lipinski definition) is 0. The van der Waals surface area contributed by atoms with Crippen LogP contribution in [0.1, 0.15) is 11.1 Å². The Balaban J connectivity index is 3.17. The van der Waals surface area contributed by atoms with Crippen LogP contribution in [-0.2, 0) is 6.67 Å². The predicted molar refractivity (Wildman–Crippen MR) is 35.9 cm³/mol. The fraction of sp³-hybridized carbons (Fsp3) is 0.250. The van der Waals surface area contributed by atoms with Gasteiger partial charge in [-0.15, -0.1) is 0 Å². The Hall–Kier alpha value is -0.920. The zero-order valence-electron chi connectivity index (χ0n) is 5.70. The molecule has 1 aromatic rings. The molecule has 0 N–H and O–H groups in total. The number of halogens is 2. The van der Waals surface area contributed by atoms with Gasteiger partial charge in [-0.2, -0.15) is 0 Å². The summed E-state index contributed by atoms with van der Waals surface area (Å²) in [5.74, 6) is -0.456. The van der Waals surface area contributed by atoms with Crippen molar-refractivity contribution >= 4 is 0 Å². The van der Waals surface area contributed by atoms with E-state index in [0.29, 0.717) is 5.56 Å². The lowest BCUT2D eigenvalue weighted by Crippen LogP contribution is -1.89. The largest absolute Gasteiger partial charge is 0.246 e. The molecule has 0 radical (unpaired) electrons. The van der Waals surface area contributed by atoms with E-state index in [1.807, 2.05) is 0 Å². The average Bonchev–Trinajstić information content (AvgIpc) is 1.88. The van der Waals surface area contributed by atoms with E-state index in [4.69, 9.17) is 0 Å². The van der Waals surface area contributed by atoms with Crippen molar-refractivity contribution in [2.75, 3.05) is 0 Å². The first-order chi connectivity index (χ1) is 4.75. The molecule has 0 heterocycles. The molecule has 1 aromatic carbocycles. The van der Waals surface area contributed by atoms with Gasteiger partial charge in [0.2, 0.25) is 0 Å². The van der Waals surface area contributed by atoms with Gasteiger partial charge in [-0.1, -0.05) is 12.1 Å². The first-order valence-corrected chi connectivity index (χ1v) is 3.05. The molecule has 0 bridgehead atoms.